The summed E-state index contributed by atoms with van der Waals surface area (Å²) in [6.07, 6.45) is 1.63. The third-order valence-electron chi connectivity index (χ3n) is 3.00. The van der Waals surface area contributed by atoms with Gasteiger partial charge in [-0.2, -0.15) is 5.10 Å². The van der Waals surface area contributed by atoms with Crippen LogP contribution in [0.5, 0.6) is 0 Å². The van der Waals surface area contributed by atoms with E-state index in [9.17, 15) is 4.79 Å². The van der Waals surface area contributed by atoms with Crippen molar-refractivity contribution in [2.45, 2.75) is 12.7 Å². The third kappa shape index (κ3) is 5.66. The molecule has 2 aromatic rings. The molecule has 1 N–H and O–H groups in total. The maximum absolute atomic E-state index is 11.7. The van der Waals surface area contributed by atoms with Gasteiger partial charge in [0, 0.05) is 10.2 Å². The zero-order valence-electron chi connectivity index (χ0n) is 12.3. The van der Waals surface area contributed by atoms with Crippen LogP contribution in [-0.2, 0) is 10.5 Å². The van der Waals surface area contributed by atoms with Gasteiger partial charge in [0.25, 0.3) is 0 Å². The zero-order chi connectivity index (χ0) is 15.8. The molecule has 114 valence electrons. The number of hydrogen-bond acceptors (Lipinski definition) is 3. The standard InChI is InChI=1S/C17H17BrN2OS/c1-13-5-2-3-7-15(13)11-22-12-17(21)20-19-10-14-6-4-8-16(18)9-14/h2-10H,11-12H2,1H3,(H,20,21). The van der Waals surface area contributed by atoms with Crippen LogP contribution in [0.15, 0.2) is 58.1 Å². The van der Waals surface area contributed by atoms with Crippen LogP contribution in [0.25, 0.3) is 0 Å². The largest absolute Gasteiger partial charge is 0.272 e. The lowest BCUT2D eigenvalue weighted by atomic mass is 10.1. The molecule has 0 unspecified atom stereocenters. The van der Waals surface area contributed by atoms with Gasteiger partial charge >= 0.3 is 0 Å². The molecule has 0 heterocycles. The Hall–Kier alpha value is -1.59. The van der Waals surface area contributed by atoms with E-state index in [0.29, 0.717) is 5.75 Å². The molecule has 3 nitrogen and oxygen atoms in total. The summed E-state index contributed by atoms with van der Waals surface area (Å²) < 4.78 is 0.983. The van der Waals surface area contributed by atoms with E-state index in [0.717, 1.165) is 15.8 Å². The smallest absolute Gasteiger partial charge is 0.250 e. The van der Waals surface area contributed by atoms with Crippen LogP contribution in [0.1, 0.15) is 16.7 Å². The lowest BCUT2D eigenvalue weighted by molar-refractivity contribution is -0.118. The second-order valence-corrected chi connectivity index (χ2v) is 6.67. The van der Waals surface area contributed by atoms with Gasteiger partial charge in [0.1, 0.15) is 0 Å². The van der Waals surface area contributed by atoms with Crippen LogP contribution in [0, 0.1) is 6.92 Å². The molecule has 0 radical (unpaired) electrons. The van der Waals surface area contributed by atoms with Gasteiger partial charge < -0.3 is 0 Å². The number of benzene rings is 2. The molecule has 0 bridgehead atoms. The normalized spacial score (nSPS) is 10.8. The molecule has 0 saturated carbocycles. The first-order valence-corrected chi connectivity index (χ1v) is 8.79. The number of halogens is 1. The first-order chi connectivity index (χ1) is 10.6. The molecule has 0 aliphatic rings. The SMILES string of the molecule is Cc1ccccc1CSCC(=O)NN=Cc1cccc(Br)c1. The molecule has 0 saturated heterocycles. The predicted octanol–water partition coefficient (Wildman–Crippen LogP) is 4.14. The van der Waals surface area contributed by atoms with Gasteiger partial charge in [-0.25, -0.2) is 5.43 Å². The molecule has 0 aliphatic carbocycles. The van der Waals surface area contributed by atoms with Crippen LogP contribution >= 0.6 is 27.7 Å². The monoisotopic (exact) mass is 376 g/mol. The molecule has 0 aromatic heterocycles. The first kappa shape index (κ1) is 16.8. The molecule has 0 atom stereocenters. The Morgan fingerprint density at radius 1 is 1.27 bits per heavy atom. The third-order valence-corrected chi connectivity index (χ3v) is 4.48. The minimum atomic E-state index is -0.0927. The number of rotatable bonds is 6. The van der Waals surface area contributed by atoms with Crippen LogP contribution < -0.4 is 5.43 Å². The molecule has 22 heavy (non-hydrogen) atoms. The van der Waals surface area contributed by atoms with Crippen molar-refractivity contribution in [2.24, 2.45) is 5.10 Å². The number of aryl methyl sites for hydroxylation is 1. The van der Waals surface area contributed by atoms with E-state index in [-0.39, 0.29) is 5.91 Å². The van der Waals surface area contributed by atoms with Crippen molar-refractivity contribution >= 4 is 39.8 Å². The van der Waals surface area contributed by atoms with E-state index in [2.05, 4.69) is 45.5 Å². The van der Waals surface area contributed by atoms with E-state index < -0.39 is 0 Å². The highest BCUT2D eigenvalue weighted by Gasteiger charge is 2.02. The Bertz CT molecular complexity index is 673. The lowest BCUT2D eigenvalue weighted by Crippen LogP contribution is -2.19. The minimum Gasteiger partial charge on any atom is -0.272 e. The zero-order valence-corrected chi connectivity index (χ0v) is 14.7. The van der Waals surface area contributed by atoms with Gasteiger partial charge in [0.15, 0.2) is 0 Å². The molecular weight excluding hydrogens is 360 g/mol. The summed E-state index contributed by atoms with van der Waals surface area (Å²) >= 11 is 4.98. The summed E-state index contributed by atoms with van der Waals surface area (Å²) in [5.74, 6) is 1.13. The second kappa shape index (κ2) is 8.76. The Labute approximate surface area is 143 Å². The van der Waals surface area contributed by atoms with Crippen molar-refractivity contribution < 1.29 is 4.79 Å². The minimum absolute atomic E-state index is 0.0927. The van der Waals surface area contributed by atoms with Crippen LogP contribution in [-0.4, -0.2) is 17.9 Å². The van der Waals surface area contributed by atoms with Gasteiger partial charge in [-0.3, -0.25) is 4.79 Å². The van der Waals surface area contributed by atoms with Crippen LogP contribution in [0.2, 0.25) is 0 Å². The summed E-state index contributed by atoms with van der Waals surface area (Å²) in [5, 5.41) is 3.97. The molecule has 0 aliphatic heterocycles. The van der Waals surface area contributed by atoms with E-state index in [4.69, 9.17) is 0 Å². The number of hydrogen-bond donors (Lipinski definition) is 1. The molecule has 2 rings (SSSR count). The summed E-state index contributed by atoms with van der Waals surface area (Å²) in [6.45, 7) is 2.08. The maximum atomic E-state index is 11.7. The van der Waals surface area contributed by atoms with Crippen molar-refractivity contribution in [1.82, 2.24) is 5.43 Å². The van der Waals surface area contributed by atoms with E-state index >= 15 is 0 Å². The average molecular weight is 377 g/mol. The van der Waals surface area contributed by atoms with Crippen LogP contribution in [0.4, 0.5) is 0 Å². The van der Waals surface area contributed by atoms with Gasteiger partial charge in [0.2, 0.25) is 5.91 Å². The summed E-state index contributed by atoms with van der Waals surface area (Å²) in [7, 11) is 0. The van der Waals surface area contributed by atoms with Crippen molar-refractivity contribution in [2.75, 3.05) is 5.75 Å². The fourth-order valence-electron chi connectivity index (χ4n) is 1.82. The number of carbonyl (C=O) groups excluding carboxylic acids is 1. The van der Waals surface area contributed by atoms with Crippen molar-refractivity contribution in [3.05, 3.63) is 69.7 Å². The number of nitrogens with zero attached hydrogens (tertiary/aromatic N) is 1. The van der Waals surface area contributed by atoms with E-state index in [1.54, 1.807) is 18.0 Å². The number of carbonyl (C=O) groups is 1. The summed E-state index contributed by atoms with van der Waals surface area (Å²) in [4.78, 5) is 11.7. The highest BCUT2D eigenvalue weighted by atomic mass is 79.9. The highest BCUT2D eigenvalue weighted by Crippen LogP contribution is 2.15. The Balaban J connectivity index is 1.73. The molecule has 0 spiro atoms. The van der Waals surface area contributed by atoms with E-state index in [1.807, 2.05) is 36.4 Å². The average Bonchev–Trinajstić information content (AvgIpc) is 2.49. The van der Waals surface area contributed by atoms with E-state index in [1.165, 1.54) is 11.1 Å². The fourth-order valence-corrected chi connectivity index (χ4v) is 3.14. The van der Waals surface area contributed by atoms with Crippen LogP contribution in [0.3, 0.4) is 0 Å². The number of thioether (sulfide) groups is 1. The van der Waals surface area contributed by atoms with Crippen molar-refractivity contribution in [3.63, 3.8) is 0 Å². The fraction of sp³-hybridized carbons (Fsp3) is 0.176. The first-order valence-electron chi connectivity index (χ1n) is 6.85. The molecular formula is C17H17BrN2OS. The number of hydrazone groups is 1. The molecule has 2 aromatic carbocycles. The number of amides is 1. The predicted molar refractivity (Wildman–Crippen MR) is 97.2 cm³/mol. The van der Waals surface area contributed by atoms with Gasteiger partial charge in [-0.05, 0) is 35.7 Å². The highest BCUT2D eigenvalue weighted by molar-refractivity contribution is 9.10. The summed E-state index contributed by atoms with van der Waals surface area (Å²) in [6, 6.07) is 15.9. The topological polar surface area (TPSA) is 41.5 Å². The molecule has 1 amide bonds. The van der Waals surface area contributed by atoms with Crippen molar-refractivity contribution in [3.8, 4) is 0 Å². The Kier molecular flexibility index (Phi) is 6.68. The van der Waals surface area contributed by atoms with Gasteiger partial charge in [-0.1, -0.05) is 52.3 Å². The quantitative estimate of drug-likeness (QED) is 0.607. The van der Waals surface area contributed by atoms with Crippen molar-refractivity contribution in [1.29, 1.82) is 0 Å². The maximum Gasteiger partial charge on any atom is 0.250 e. The van der Waals surface area contributed by atoms with Gasteiger partial charge in [0.05, 0.1) is 12.0 Å². The molecule has 5 heteroatoms. The Morgan fingerprint density at radius 3 is 2.86 bits per heavy atom. The number of nitrogens with one attached hydrogen (secondary N) is 1. The lowest BCUT2D eigenvalue weighted by Gasteiger charge is -2.04. The summed E-state index contributed by atoms with van der Waals surface area (Å²) in [5.41, 5.74) is 5.99. The second-order valence-electron chi connectivity index (χ2n) is 4.77. The molecule has 0 fully saturated rings. The Morgan fingerprint density at radius 2 is 2.09 bits per heavy atom. The van der Waals surface area contributed by atoms with Gasteiger partial charge in [-0.15, -0.1) is 11.8 Å².